The molecule has 1 N–H and O–H groups in total. The van der Waals surface area contributed by atoms with E-state index < -0.39 is 11.8 Å². The van der Waals surface area contributed by atoms with Crippen molar-refractivity contribution in [2.24, 2.45) is 0 Å². The van der Waals surface area contributed by atoms with Crippen molar-refractivity contribution >= 4 is 84.1 Å². The molecule has 9 rings (SSSR count). The molecule has 1 unspecified atom stereocenters. The van der Waals surface area contributed by atoms with Gasteiger partial charge in [0.05, 0.1) is 26.7 Å². The molecule has 0 spiro atoms. The SMILES string of the molecule is O=C1OC(O)(c2ccc3c(c2)OCO3)C(Cc2ccc3nnsc3c2)=C1c1ccc2nsnc2c1.O=Cc1ccc2nnsc2c1. The Labute approximate surface area is 271 Å². The molecule has 0 saturated carbocycles. The van der Waals surface area contributed by atoms with Crippen LogP contribution in [0, 0.1) is 0 Å². The van der Waals surface area contributed by atoms with Gasteiger partial charge in [0.1, 0.15) is 28.4 Å². The molecule has 0 radical (unpaired) electrons. The van der Waals surface area contributed by atoms with Crippen LogP contribution in [-0.4, -0.2) is 52.1 Å². The molecule has 2 aliphatic heterocycles. The van der Waals surface area contributed by atoms with E-state index in [0.29, 0.717) is 44.9 Å². The molecule has 0 saturated heterocycles. The Morgan fingerprint density at radius 1 is 0.804 bits per heavy atom. The monoisotopic (exact) mass is 666 g/mol. The molecule has 2 aliphatic rings. The highest BCUT2D eigenvalue weighted by molar-refractivity contribution is 7.13. The number of benzene rings is 4. The van der Waals surface area contributed by atoms with E-state index in [4.69, 9.17) is 14.2 Å². The summed E-state index contributed by atoms with van der Waals surface area (Å²) < 4.78 is 34.8. The first-order valence-electron chi connectivity index (χ1n) is 13.7. The molecule has 1 atom stereocenters. The van der Waals surface area contributed by atoms with Crippen molar-refractivity contribution in [2.75, 3.05) is 6.79 Å². The van der Waals surface area contributed by atoms with Crippen LogP contribution in [0.5, 0.6) is 11.5 Å². The molecule has 0 amide bonds. The summed E-state index contributed by atoms with van der Waals surface area (Å²) in [5.74, 6) is -1.57. The predicted octanol–water partition coefficient (Wildman–Crippen LogP) is 5.33. The smallest absolute Gasteiger partial charge is 0.342 e. The summed E-state index contributed by atoms with van der Waals surface area (Å²) in [6.45, 7) is 0.0928. The summed E-state index contributed by atoms with van der Waals surface area (Å²) >= 11 is 3.68. The lowest BCUT2D eigenvalue weighted by molar-refractivity contribution is -0.185. The fourth-order valence-corrected chi connectivity index (χ4v) is 7.07. The Balaban J connectivity index is 0.000000240. The lowest BCUT2D eigenvalue weighted by Gasteiger charge is -2.26. The van der Waals surface area contributed by atoms with Gasteiger partial charge in [-0.15, -0.1) is 10.2 Å². The summed E-state index contributed by atoms with van der Waals surface area (Å²) in [5.41, 5.74) is 6.28. The highest BCUT2D eigenvalue weighted by Gasteiger charge is 2.48. The molecular formula is C31H18N6O6S3. The van der Waals surface area contributed by atoms with E-state index >= 15 is 0 Å². The minimum Gasteiger partial charge on any atom is -0.454 e. The second-order valence-corrected chi connectivity index (χ2v) is 12.4. The van der Waals surface area contributed by atoms with Crippen LogP contribution < -0.4 is 9.47 Å². The Bertz CT molecular complexity index is 2350. The van der Waals surface area contributed by atoms with Crippen LogP contribution in [0.15, 0.2) is 78.4 Å². The second-order valence-electron chi connectivity index (χ2n) is 10.3. The standard InChI is InChI=1S/C24H14N4O5S2.C7H4N2OS/c29-23-22(13-2-5-16-18(9-13)27-35-26-16)15(7-12-1-4-17-21(8-12)34-28-25-17)24(30,33-23)14-3-6-19-20(10-14)32-11-31-19;10-4-5-1-2-6-7(3-5)11-9-8-6/h1-6,8-10,30H,7,11H2;1-4H. The van der Waals surface area contributed by atoms with Crippen molar-refractivity contribution in [3.8, 4) is 11.5 Å². The maximum absolute atomic E-state index is 13.3. The van der Waals surface area contributed by atoms with Crippen LogP contribution in [0.2, 0.25) is 0 Å². The van der Waals surface area contributed by atoms with Crippen LogP contribution in [0.4, 0.5) is 0 Å². The number of aromatic nitrogens is 6. The number of carbonyl (C=O) groups is 2. The van der Waals surface area contributed by atoms with Crippen LogP contribution in [0.1, 0.15) is 27.0 Å². The Morgan fingerprint density at radius 3 is 2.37 bits per heavy atom. The zero-order chi connectivity index (χ0) is 31.3. The molecule has 15 heteroatoms. The van der Waals surface area contributed by atoms with E-state index in [9.17, 15) is 14.7 Å². The topological polar surface area (TPSA) is 159 Å². The van der Waals surface area contributed by atoms with Crippen LogP contribution in [-0.2, 0) is 21.7 Å². The summed E-state index contributed by atoms with van der Waals surface area (Å²) in [7, 11) is 0. The average Bonchev–Trinajstić information content (AvgIpc) is 3.91. The number of ether oxygens (including phenoxy) is 3. The van der Waals surface area contributed by atoms with Crippen molar-refractivity contribution in [3.05, 3.63) is 101 Å². The summed E-state index contributed by atoms with van der Waals surface area (Å²) in [6, 6.07) is 21.5. The summed E-state index contributed by atoms with van der Waals surface area (Å²) in [6.07, 6.45) is 1.08. The van der Waals surface area contributed by atoms with Gasteiger partial charge >= 0.3 is 5.97 Å². The fraction of sp³-hybridized carbons (Fsp3) is 0.0968. The third kappa shape index (κ3) is 4.95. The number of aliphatic hydroxyl groups is 1. The zero-order valence-corrected chi connectivity index (χ0v) is 25.8. The second kappa shape index (κ2) is 11.3. The minimum absolute atomic E-state index is 0.0928. The molecule has 7 aromatic rings. The van der Waals surface area contributed by atoms with E-state index in [2.05, 4.69) is 27.9 Å². The number of hydrogen-bond acceptors (Lipinski definition) is 15. The van der Waals surface area contributed by atoms with Crippen molar-refractivity contribution < 1.29 is 28.9 Å². The van der Waals surface area contributed by atoms with Gasteiger partial charge in [-0.05, 0) is 94.9 Å². The molecule has 46 heavy (non-hydrogen) atoms. The van der Waals surface area contributed by atoms with E-state index in [-0.39, 0.29) is 13.2 Å². The highest BCUT2D eigenvalue weighted by atomic mass is 32.1. The van der Waals surface area contributed by atoms with Gasteiger partial charge in [-0.1, -0.05) is 21.1 Å². The zero-order valence-electron chi connectivity index (χ0n) is 23.3. The van der Waals surface area contributed by atoms with Gasteiger partial charge in [0.15, 0.2) is 11.5 Å². The van der Waals surface area contributed by atoms with Gasteiger partial charge < -0.3 is 19.3 Å². The molecular weight excluding hydrogens is 649 g/mol. The van der Waals surface area contributed by atoms with Crippen LogP contribution in [0.3, 0.4) is 0 Å². The number of fused-ring (bicyclic) bond motifs is 4. The number of rotatable bonds is 5. The first-order chi connectivity index (χ1) is 22.5. The number of hydrogen-bond donors (Lipinski definition) is 1. The first-order valence-corrected chi connectivity index (χ1v) is 16.0. The fourth-order valence-electron chi connectivity index (χ4n) is 5.32. The van der Waals surface area contributed by atoms with E-state index in [1.165, 1.54) is 23.1 Å². The lowest BCUT2D eigenvalue weighted by atomic mass is 9.88. The first kappa shape index (κ1) is 28.3. The van der Waals surface area contributed by atoms with Gasteiger partial charge in [0.2, 0.25) is 6.79 Å². The number of esters is 1. The molecule has 4 aromatic carbocycles. The Kier molecular flexibility index (Phi) is 6.94. The molecule has 226 valence electrons. The van der Waals surface area contributed by atoms with Crippen molar-refractivity contribution in [1.82, 2.24) is 27.9 Å². The minimum atomic E-state index is -2.00. The van der Waals surface area contributed by atoms with Gasteiger partial charge in [0.25, 0.3) is 5.79 Å². The number of aldehydes is 1. The molecule has 12 nitrogen and oxygen atoms in total. The predicted molar refractivity (Wildman–Crippen MR) is 171 cm³/mol. The molecule has 0 aliphatic carbocycles. The highest BCUT2D eigenvalue weighted by Crippen LogP contribution is 2.47. The molecule has 3 aromatic heterocycles. The van der Waals surface area contributed by atoms with Crippen molar-refractivity contribution in [3.63, 3.8) is 0 Å². The van der Waals surface area contributed by atoms with Gasteiger partial charge in [0, 0.05) is 23.1 Å². The van der Waals surface area contributed by atoms with Crippen molar-refractivity contribution in [2.45, 2.75) is 12.2 Å². The third-order valence-electron chi connectivity index (χ3n) is 7.56. The Hall–Kier alpha value is -5.22. The normalized spacial score (nSPS) is 17.0. The number of cyclic esters (lactones) is 1. The van der Waals surface area contributed by atoms with E-state index in [0.717, 1.165) is 49.5 Å². The van der Waals surface area contributed by atoms with E-state index in [1.807, 2.05) is 18.2 Å². The number of carbonyl (C=O) groups excluding carboxylic acids is 2. The lowest BCUT2D eigenvalue weighted by Crippen LogP contribution is -2.29. The third-order valence-corrected chi connectivity index (χ3v) is 9.49. The molecule has 0 bridgehead atoms. The largest absolute Gasteiger partial charge is 0.454 e. The average molecular weight is 667 g/mol. The van der Waals surface area contributed by atoms with Gasteiger partial charge in [-0.25, -0.2) is 4.79 Å². The quantitative estimate of drug-likeness (QED) is 0.186. The van der Waals surface area contributed by atoms with E-state index in [1.54, 1.807) is 54.6 Å². The summed E-state index contributed by atoms with van der Waals surface area (Å²) in [4.78, 5) is 23.6. The van der Waals surface area contributed by atoms with Crippen LogP contribution in [0.25, 0.3) is 37.0 Å². The Morgan fingerprint density at radius 2 is 1.54 bits per heavy atom. The maximum atomic E-state index is 13.3. The maximum Gasteiger partial charge on any atom is 0.342 e. The summed E-state index contributed by atoms with van der Waals surface area (Å²) in [5, 5.41) is 19.9. The number of nitrogens with zero attached hydrogens (tertiary/aromatic N) is 6. The van der Waals surface area contributed by atoms with Gasteiger partial charge in [-0.3, -0.25) is 4.79 Å². The molecule has 0 fully saturated rings. The van der Waals surface area contributed by atoms with Crippen LogP contribution >= 0.6 is 34.8 Å². The van der Waals surface area contributed by atoms with Gasteiger partial charge in [-0.2, -0.15) is 8.75 Å². The van der Waals surface area contributed by atoms with Crippen molar-refractivity contribution in [1.29, 1.82) is 0 Å². The molecule has 5 heterocycles.